The van der Waals surface area contributed by atoms with Crippen molar-refractivity contribution in [2.45, 2.75) is 31.8 Å². The number of carbonyl (C=O) groups excluding carboxylic acids is 1. The SMILES string of the molecule is COc1ccc2[nH]cc(C3CCN(C(=O)C(C)O)CC3)c2c1. The Morgan fingerprint density at radius 2 is 2.14 bits per heavy atom. The molecule has 1 aromatic heterocycles. The third-order valence-corrected chi connectivity index (χ3v) is 4.52. The summed E-state index contributed by atoms with van der Waals surface area (Å²) in [6.07, 6.45) is 3.00. The Kier molecular flexibility index (Phi) is 4.07. The molecule has 118 valence electrons. The van der Waals surface area contributed by atoms with Crippen LogP contribution in [0.15, 0.2) is 24.4 Å². The number of likely N-dealkylation sites (tertiary alicyclic amines) is 1. The lowest BCUT2D eigenvalue weighted by Crippen LogP contribution is -2.42. The Labute approximate surface area is 129 Å². The van der Waals surface area contributed by atoms with E-state index in [1.54, 1.807) is 12.0 Å². The van der Waals surface area contributed by atoms with E-state index in [0.717, 1.165) is 24.1 Å². The minimum Gasteiger partial charge on any atom is -0.497 e. The van der Waals surface area contributed by atoms with Crippen molar-refractivity contribution in [3.8, 4) is 5.75 Å². The van der Waals surface area contributed by atoms with Crippen LogP contribution in [0.1, 0.15) is 31.2 Å². The topological polar surface area (TPSA) is 65.6 Å². The first kappa shape index (κ1) is 14.9. The number of ether oxygens (including phenoxy) is 1. The van der Waals surface area contributed by atoms with E-state index < -0.39 is 6.10 Å². The van der Waals surface area contributed by atoms with E-state index in [9.17, 15) is 9.90 Å². The predicted molar refractivity (Wildman–Crippen MR) is 85.1 cm³/mol. The van der Waals surface area contributed by atoms with Crippen LogP contribution in [-0.4, -0.2) is 47.2 Å². The first-order valence-corrected chi connectivity index (χ1v) is 7.72. The van der Waals surface area contributed by atoms with Gasteiger partial charge in [0, 0.05) is 30.2 Å². The number of aliphatic hydroxyl groups is 1. The monoisotopic (exact) mass is 302 g/mol. The maximum absolute atomic E-state index is 11.8. The Morgan fingerprint density at radius 1 is 1.41 bits per heavy atom. The number of benzene rings is 1. The van der Waals surface area contributed by atoms with E-state index in [1.165, 1.54) is 17.9 Å². The number of methoxy groups -OCH3 is 1. The Bertz CT molecular complexity index is 670. The van der Waals surface area contributed by atoms with Crippen molar-refractivity contribution in [1.82, 2.24) is 9.88 Å². The Hall–Kier alpha value is -2.01. The highest BCUT2D eigenvalue weighted by molar-refractivity contribution is 5.85. The van der Waals surface area contributed by atoms with Gasteiger partial charge in [-0.2, -0.15) is 0 Å². The zero-order valence-corrected chi connectivity index (χ0v) is 13.0. The van der Waals surface area contributed by atoms with Gasteiger partial charge >= 0.3 is 0 Å². The minimum atomic E-state index is -0.908. The molecule has 1 atom stereocenters. The third-order valence-electron chi connectivity index (χ3n) is 4.52. The highest BCUT2D eigenvalue weighted by Crippen LogP contribution is 2.34. The molecule has 2 aromatic rings. The van der Waals surface area contributed by atoms with Crippen LogP contribution < -0.4 is 4.74 Å². The minimum absolute atomic E-state index is 0.168. The number of nitrogens with zero attached hydrogens (tertiary/aromatic N) is 1. The number of aromatic amines is 1. The zero-order chi connectivity index (χ0) is 15.7. The fourth-order valence-corrected chi connectivity index (χ4v) is 3.26. The maximum atomic E-state index is 11.8. The first-order chi connectivity index (χ1) is 10.6. The van der Waals surface area contributed by atoms with E-state index in [2.05, 4.69) is 17.2 Å². The second-order valence-electron chi connectivity index (χ2n) is 5.93. The molecule has 1 saturated heterocycles. The van der Waals surface area contributed by atoms with Crippen molar-refractivity contribution in [3.05, 3.63) is 30.0 Å². The van der Waals surface area contributed by atoms with Gasteiger partial charge in [0.25, 0.3) is 5.91 Å². The number of rotatable bonds is 3. The molecule has 1 unspecified atom stereocenters. The zero-order valence-electron chi connectivity index (χ0n) is 13.0. The molecule has 5 heteroatoms. The van der Waals surface area contributed by atoms with E-state index in [0.29, 0.717) is 19.0 Å². The number of fused-ring (bicyclic) bond motifs is 1. The second-order valence-corrected chi connectivity index (χ2v) is 5.93. The molecule has 3 rings (SSSR count). The lowest BCUT2D eigenvalue weighted by molar-refractivity contribution is -0.140. The van der Waals surface area contributed by atoms with Gasteiger partial charge < -0.3 is 19.7 Å². The fraction of sp³-hybridized carbons (Fsp3) is 0.471. The van der Waals surface area contributed by atoms with Crippen LogP contribution in [0.5, 0.6) is 5.75 Å². The standard InChI is InChI=1S/C17H22N2O3/c1-11(20)17(21)19-7-5-12(6-8-19)15-10-18-16-4-3-13(22-2)9-14(15)16/h3-4,9-12,18,20H,5-8H2,1-2H3. The van der Waals surface area contributed by atoms with E-state index in [4.69, 9.17) is 4.74 Å². The molecule has 1 amide bonds. The van der Waals surface area contributed by atoms with Crippen molar-refractivity contribution < 1.29 is 14.6 Å². The normalized spacial score (nSPS) is 17.7. The van der Waals surface area contributed by atoms with Crippen molar-refractivity contribution in [1.29, 1.82) is 0 Å². The van der Waals surface area contributed by atoms with Crippen molar-refractivity contribution in [2.75, 3.05) is 20.2 Å². The molecule has 22 heavy (non-hydrogen) atoms. The molecular weight excluding hydrogens is 280 g/mol. The molecule has 1 aromatic carbocycles. The molecular formula is C17H22N2O3. The van der Waals surface area contributed by atoms with Crippen molar-refractivity contribution in [3.63, 3.8) is 0 Å². The summed E-state index contributed by atoms with van der Waals surface area (Å²) in [6.45, 7) is 2.93. The molecule has 0 spiro atoms. The number of nitrogens with one attached hydrogen (secondary N) is 1. The molecule has 5 nitrogen and oxygen atoms in total. The van der Waals surface area contributed by atoms with Crippen LogP contribution in [0.2, 0.25) is 0 Å². The van der Waals surface area contributed by atoms with Crippen LogP contribution in [0, 0.1) is 0 Å². The van der Waals surface area contributed by atoms with Crippen LogP contribution in [0.4, 0.5) is 0 Å². The van der Waals surface area contributed by atoms with Gasteiger partial charge in [0.05, 0.1) is 7.11 Å². The van der Waals surface area contributed by atoms with Gasteiger partial charge in [0.1, 0.15) is 11.9 Å². The van der Waals surface area contributed by atoms with E-state index in [-0.39, 0.29) is 5.91 Å². The van der Waals surface area contributed by atoms with E-state index in [1.807, 2.05) is 12.1 Å². The highest BCUT2D eigenvalue weighted by Gasteiger charge is 2.27. The summed E-state index contributed by atoms with van der Waals surface area (Å²) < 4.78 is 5.31. The summed E-state index contributed by atoms with van der Waals surface area (Å²) in [5.41, 5.74) is 2.40. The molecule has 1 fully saturated rings. The third kappa shape index (κ3) is 2.68. The maximum Gasteiger partial charge on any atom is 0.251 e. The number of hydrogen-bond donors (Lipinski definition) is 2. The predicted octanol–water partition coefficient (Wildman–Crippen LogP) is 2.26. The smallest absolute Gasteiger partial charge is 0.251 e. The molecule has 2 N–H and O–H groups in total. The van der Waals surface area contributed by atoms with Gasteiger partial charge in [0.15, 0.2) is 0 Å². The number of aliphatic hydroxyl groups excluding tert-OH is 1. The molecule has 1 aliphatic rings. The molecule has 0 saturated carbocycles. The lowest BCUT2D eigenvalue weighted by Gasteiger charge is -2.32. The molecule has 2 heterocycles. The van der Waals surface area contributed by atoms with Gasteiger partial charge in [-0.15, -0.1) is 0 Å². The quantitative estimate of drug-likeness (QED) is 0.914. The van der Waals surface area contributed by atoms with Crippen LogP contribution in [0.3, 0.4) is 0 Å². The summed E-state index contributed by atoms with van der Waals surface area (Å²) in [5.74, 6) is 1.12. The lowest BCUT2D eigenvalue weighted by atomic mass is 9.89. The largest absolute Gasteiger partial charge is 0.497 e. The molecule has 0 bridgehead atoms. The molecule has 1 aliphatic heterocycles. The molecule has 0 radical (unpaired) electrons. The summed E-state index contributed by atoms with van der Waals surface area (Å²) in [7, 11) is 1.67. The summed E-state index contributed by atoms with van der Waals surface area (Å²) in [6, 6.07) is 6.05. The average Bonchev–Trinajstić information content (AvgIpc) is 2.97. The van der Waals surface area contributed by atoms with E-state index >= 15 is 0 Å². The van der Waals surface area contributed by atoms with Crippen molar-refractivity contribution in [2.24, 2.45) is 0 Å². The van der Waals surface area contributed by atoms with Gasteiger partial charge in [-0.05, 0) is 49.4 Å². The van der Waals surface area contributed by atoms with Crippen LogP contribution in [0.25, 0.3) is 10.9 Å². The number of aromatic nitrogens is 1. The summed E-state index contributed by atoms with van der Waals surface area (Å²) >= 11 is 0. The number of H-pyrrole nitrogens is 1. The highest BCUT2D eigenvalue weighted by atomic mass is 16.5. The van der Waals surface area contributed by atoms with Crippen molar-refractivity contribution >= 4 is 16.8 Å². The number of piperidine rings is 1. The average molecular weight is 302 g/mol. The number of carbonyl (C=O) groups is 1. The second kappa shape index (κ2) is 6.01. The number of amides is 1. The van der Waals surface area contributed by atoms with Gasteiger partial charge in [0.2, 0.25) is 0 Å². The fourth-order valence-electron chi connectivity index (χ4n) is 3.26. The van der Waals surface area contributed by atoms with Crippen LogP contribution >= 0.6 is 0 Å². The van der Waals surface area contributed by atoms with Gasteiger partial charge in [-0.3, -0.25) is 4.79 Å². The Balaban J connectivity index is 1.78. The van der Waals surface area contributed by atoms with Gasteiger partial charge in [-0.25, -0.2) is 0 Å². The van der Waals surface area contributed by atoms with Gasteiger partial charge in [-0.1, -0.05) is 0 Å². The summed E-state index contributed by atoms with van der Waals surface area (Å²) in [5, 5.41) is 10.6. The first-order valence-electron chi connectivity index (χ1n) is 7.72. The molecule has 0 aliphatic carbocycles. The number of hydrogen-bond acceptors (Lipinski definition) is 3. The van der Waals surface area contributed by atoms with Crippen LogP contribution in [-0.2, 0) is 4.79 Å². The summed E-state index contributed by atoms with van der Waals surface area (Å²) in [4.78, 5) is 16.9. The Morgan fingerprint density at radius 3 is 2.77 bits per heavy atom.